The standard InChI is InChI=1S/C16H22BrNO4/c1-11(21-10-12-5-7-13(17)8-6-12)14(9-19)18-15(20)22-16(2,3)4/h5-9,11,14H,10H2,1-4H3,(H,18,20)/t11-,14+/m1/s1. The summed E-state index contributed by atoms with van der Waals surface area (Å²) in [7, 11) is 0. The van der Waals surface area contributed by atoms with Gasteiger partial charge in [0.1, 0.15) is 17.9 Å². The summed E-state index contributed by atoms with van der Waals surface area (Å²) in [4.78, 5) is 22.8. The monoisotopic (exact) mass is 371 g/mol. The number of benzene rings is 1. The number of amides is 1. The van der Waals surface area contributed by atoms with E-state index in [1.165, 1.54) is 0 Å². The van der Waals surface area contributed by atoms with Gasteiger partial charge in [0, 0.05) is 4.47 Å². The van der Waals surface area contributed by atoms with Gasteiger partial charge in [0.25, 0.3) is 0 Å². The Morgan fingerprint density at radius 3 is 2.41 bits per heavy atom. The number of hydrogen-bond donors (Lipinski definition) is 1. The Hall–Kier alpha value is -1.40. The summed E-state index contributed by atoms with van der Waals surface area (Å²) in [6, 6.07) is 6.92. The molecule has 0 radical (unpaired) electrons. The molecule has 0 saturated carbocycles. The van der Waals surface area contributed by atoms with E-state index in [9.17, 15) is 9.59 Å². The average Bonchev–Trinajstić information content (AvgIpc) is 2.42. The summed E-state index contributed by atoms with van der Waals surface area (Å²) >= 11 is 3.36. The van der Waals surface area contributed by atoms with E-state index in [0.717, 1.165) is 10.0 Å². The van der Waals surface area contributed by atoms with Gasteiger partial charge in [0.15, 0.2) is 0 Å². The Morgan fingerprint density at radius 2 is 1.91 bits per heavy atom. The fraction of sp³-hybridized carbons (Fsp3) is 0.500. The molecule has 0 bridgehead atoms. The third-order valence-electron chi connectivity index (χ3n) is 2.76. The maximum Gasteiger partial charge on any atom is 0.408 e. The van der Waals surface area contributed by atoms with Crippen LogP contribution in [0.1, 0.15) is 33.3 Å². The lowest BCUT2D eigenvalue weighted by Gasteiger charge is -2.24. The molecule has 0 aliphatic heterocycles. The predicted octanol–water partition coefficient (Wildman–Crippen LogP) is 3.45. The second-order valence-electron chi connectivity index (χ2n) is 5.95. The van der Waals surface area contributed by atoms with Crippen molar-refractivity contribution in [1.29, 1.82) is 0 Å². The van der Waals surface area contributed by atoms with E-state index in [0.29, 0.717) is 12.9 Å². The van der Waals surface area contributed by atoms with Crippen molar-refractivity contribution < 1.29 is 19.1 Å². The van der Waals surface area contributed by atoms with Crippen molar-refractivity contribution in [2.75, 3.05) is 0 Å². The molecular weight excluding hydrogens is 350 g/mol. The molecule has 22 heavy (non-hydrogen) atoms. The molecule has 1 N–H and O–H groups in total. The highest BCUT2D eigenvalue weighted by Gasteiger charge is 2.23. The smallest absolute Gasteiger partial charge is 0.408 e. The lowest BCUT2D eigenvalue weighted by atomic mass is 10.2. The summed E-state index contributed by atoms with van der Waals surface area (Å²) in [6.45, 7) is 7.37. The number of alkyl carbamates (subject to hydrolysis) is 1. The fourth-order valence-electron chi connectivity index (χ4n) is 1.62. The zero-order valence-corrected chi connectivity index (χ0v) is 14.8. The first-order valence-electron chi connectivity index (χ1n) is 7.02. The summed E-state index contributed by atoms with van der Waals surface area (Å²) in [5.74, 6) is 0. The van der Waals surface area contributed by atoms with Gasteiger partial charge in [-0.3, -0.25) is 0 Å². The van der Waals surface area contributed by atoms with Crippen LogP contribution in [0.2, 0.25) is 0 Å². The lowest BCUT2D eigenvalue weighted by molar-refractivity contribution is -0.113. The Labute approximate surface area is 139 Å². The summed E-state index contributed by atoms with van der Waals surface area (Å²) in [5, 5.41) is 2.51. The van der Waals surface area contributed by atoms with Crippen LogP contribution in [0.4, 0.5) is 4.79 Å². The average molecular weight is 372 g/mol. The molecule has 5 nitrogen and oxygen atoms in total. The highest BCUT2D eigenvalue weighted by atomic mass is 79.9. The van der Waals surface area contributed by atoms with Gasteiger partial charge in [-0.25, -0.2) is 4.79 Å². The highest BCUT2D eigenvalue weighted by Crippen LogP contribution is 2.12. The molecule has 2 atom stereocenters. The molecule has 1 aromatic carbocycles. The molecule has 6 heteroatoms. The van der Waals surface area contributed by atoms with Crippen molar-refractivity contribution in [3.05, 3.63) is 34.3 Å². The Kier molecular flexibility index (Phi) is 7.03. The molecule has 1 amide bonds. The molecule has 0 aliphatic carbocycles. The van der Waals surface area contributed by atoms with Gasteiger partial charge in [-0.05, 0) is 45.4 Å². The van der Waals surface area contributed by atoms with E-state index in [2.05, 4.69) is 21.2 Å². The van der Waals surface area contributed by atoms with Crippen molar-refractivity contribution in [3.63, 3.8) is 0 Å². The van der Waals surface area contributed by atoms with E-state index in [-0.39, 0.29) is 0 Å². The lowest BCUT2D eigenvalue weighted by Crippen LogP contribution is -2.46. The van der Waals surface area contributed by atoms with Crippen molar-refractivity contribution in [3.8, 4) is 0 Å². The van der Waals surface area contributed by atoms with Gasteiger partial charge in [0.2, 0.25) is 0 Å². The summed E-state index contributed by atoms with van der Waals surface area (Å²) in [5.41, 5.74) is 0.371. The van der Waals surface area contributed by atoms with E-state index >= 15 is 0 Å². The molecule has 0 heterocycles. The van der Waals surface area contributed by atoms with Crippen LogP contribution in [0.15, 0.2) is 28.7 Å². The maximum atomic E-state index is 11.7. The molecule has 0 spiro atoms. The third kappa shape index (κ3) is 7.04. The van der Waals surface area contributed by atoms with Crippen molar-refractivity contribution >= 4 is 28.3 Å². The Balaban J connectivity index is 2.50. The van der Waals surface area contributed by atoms with Gasteiger partial charge in [0.05, 0.1) is 12.7 Å². The number of halogens is 1. The molecule has 0 fully saturated rings. The molecule has 1 rings (SSSR count). The maximum absolute atomic E-state index is 11.7. The van der Waals surface area contributed by atoms with Crippen LogP contribution in [0, 0.1) is 0 Å². The van der Waals surface area contributed by atoms with Crippen molar-refractivity contribution in [2.45, 2.75) is 52.0 Å². The highest BCUT2D eigenvalue weighted by molar-refractivity contribution is 9.10. The minimum absolute atomic E-state index is 0.356. The van der Waals surface area contributed by atoms with Crippen LogP contribution in [-0.2, 0) is 20.9 Å². The van der Waals surface area contributed by atoms with Crippen molar-refractivity contribution in [2.24, 2.45) is 0 Å². The summed E-state index contributed by atoms with van der Waals surface area (Å²) in [6.07, 6.45) is -0.451. The molecule has 0 unspecified atom stereocenters. The minimum atomic E-state index is -0.759. The second-order valence-corrected chi connectivity index (χ2v) is 6.87. The zero-order chi connectivity index (χ0) is 16.8. The van der Waals surface area contributed by atoms with Crippen LogP contribution >= 0.6 is 15.9 Å². The first-order chi connectivity index (χ1) is 10.2. The number of nitrogens with one attached hydrogen (secondary N) is 1. The molecule has 1 aromatic rings. The van der Waals surface area contributed by atoms with Crippen LogP contribution in [0.3, 0.4) is 0 Å². The van der Waals surface area contributed by atoms with Crippen LogP contribution in [0.25, 0.3) is 0 Å². The number of ether oxygens (including phenoxy) is 2. The van der Waals surface area contributed by atoms with Gasteiger partial charge >= 0.3 is 6.09 Å². The molecule has 122 valence electrons. The quantitative estimate of drug-likeness (QED) is 0.777. The van der Waals surface area contributed by atoms with Gasteiger partial charge in [-0.1, -0.05) is 28.1 Å². The van der Waals surface area contributed by atoms with E-state index < -0.39 is 23.8 Å². The molecular formula is C16H22BrNO4. The molecule has 0 saturated heterocycles. The largest absolute Gasteiger partial charge is 0.444 e. The Bertz CT molecular complexity index is 496. The second kappa shape index (κ2) is 8.29. The normalized spacial score (nSPS) is 14.0. The number of aldehydes is 1. The van der Waals surface area contributed by atoms with Crippen LogP contribution < -0.4 is 5.32 Å². The number of carbonyl (C=O) groups is 2. The number of hydrogen-bond acceptors (Lipinski definition) is 4. The fourth-order valence-corrected chi connectivity index (χ4v) is 1.88. The SMILES string of the molecule is C[C@@H](OCc1ccc(Br)cc1)[C@H](C=O)NC(=O)OC(C)(C)C. The van der Waals surface area contributed by atoms with Gasteiger partial charge in [-0.15, -0.1) is 0 Å². The van der Waals surface area contributed by atoms with E-state index in [1.807, 2.05) is 24.3 Å². The number of carbonyl (C=O) groups excluding carboxylic acids is 2. The van der Waals surface area contributed by atoms with E-state index in [4.69, 9.17) is 9.47 Å². The van der Waals surface area contributed by atoms with Crippen LogP contribution in [-0.4, -0.2) is 30.1 Å². The van der Waals surface area contributed by atoms with Crippen molar-refractivity contribution in [1.82, 2.24) is 5.32 Å². The molecule has 0 aromatic heterocycles. The Morgan fingerprint density at radius 1 is 1.32 bits per heavy atom. The summed E-state index contributed by atoms with van der Waals surface area (Å²) < 4.78 is 11.7. The minimum Gasteiger partial charge on any atom is -0.444 e. The topological polar surface area (TPSA) is 64.6 Å². The van der Waals surface area contributed by atoms with Gasteiger partial charge < -0.3 is 19.6 Å². The van der Waals surface area contributed by atoms with Crippen LogP contribution in [0.5, 0.6) is 0 Å². The first kappa shape index (κ1) is 18.6. The van der Waals surface area contributed by atoms with Gasteiger partial charge in [-0.2, -0.15) is 0 Å². The predicted molar refractivity (Wildman–Crippen MR) is 87.6 cm³/mol. The number of rotatable bonds is 6. The van der Waals surface area contributed by atoms with E-state index in [1.54, 1.807) is 27.7 Å². The molecule has 0 aliphatic rings. The first-order valence-corrected chi connectivity index (χ1v) is 7.81. The third-order valence-corrected chi connectivity index (χ3v) is 3.29. The zero-order valence-electron chi connectivity index (χ0n) is 13.3.